The van der Waals surface area contributed by atoms with Crippen molar-refractivity contribution in [1.82, 2.24) is 0 Å². The summed E-state index contributed by atoms with van der Waals surface area (Å²) in [5.74, 6) is 1.33. The lowest BCUT2D eigenvalue weighted by Gasteiger charge is -2.18. The first-order valence-corrected chi connectivity index (χ1v) is 7.58. The number of ether oxygens (including phenoxy) is 1. The number of carbonyl (C=O) groups is 1. The smallest absolute Gasteiger partial charge is 0.166 e. The maximum atomic E-state index is 12.6. The van der Waals surface area contributed by atoms with E-state index in [1.165, 1.54) is 32.1 Å². The Morgan fingerprint density at radius 1 is 1.16 bits per heavy atom. The van der Waals surface area contributed by atoms with Gasteiger partial charge in [-0.05, 0) is 31.9 Å². The molecule has 0 amide bonds. The van der Waals surface area contributed by atoms with Crippen molar-refractivity contribution in [2.75, 3.05) is 6.61 Å². The molecule has 0 unspecified atom stereocenters. The van der Waals surface area contributed by atoms with Crippen LogP contribution in [0.15, 0.2) is 24.3 Å². The molecule has 0 atom stereocenters. The van der Waals surface area contributed by atoms with E-state index >= 15 is 0 Å². The highest BCUT2D eigenvalue weighted by Gasteiger charge is 2.20. The Bertz CT molecular complexity index is 403. The Kier molecular flexibility index (Phi) is 5.44. The third kappa shape index (κ3) is 4.09. The predicted octanol–water partition coefficient (Wildman–Crippen LogP) is 4.63. The second-order valence-corrected chi connectivity index (χ2v) is 5.37. The van der Waals surface area contributed by atoms with E-state index in [1.807, 2.05) is 31.2 Å². The quantitative estimate of drug-likeness (QED) is 0.738. The van der Waals surface area contributed by atoms with Crippen molar-refractivity contribution in [3.05, 3.63) is 29.8 Å². The Morgan fingerprint density at radius 2 is 1.84 bits per heavy atom. The summed E-state index contributed by atoms with van der Waals surface area (Å²) in [6.45, 7) is 2.60. The van der Waals surface area contributed by atoms with Crippen LogP contribution in [0.3, 0.4) is 0 Å². The lowest BCUT2D eigenvalue weighted by Crippen LogP contribution is -2.16. The van der Waals surface area contributed by atoms with Gasteiger partial charge in [-0.2, -0.15) is 0 Å². The normalized spacial score (nSPS) is 17.5. The van der Waals surface area contributed by atoms with Crippen molar-refractivity contribution < 1.29 is 9.53 Å². The molecule has 0 radical (unpaired) electrons. The number of hydrogen-bond acceptors (Lipinski definition) is 2. The largest absolute Gasteiger partial charge is 0.494 e. The van der Waals surface area contributed by atoms with Crippen molar-refractivity contribution in [2.24, 2.45) is 5.92 Å². The maximum Gasteiger partial charge on any atom is 0.166 e. The molecule has 1 fully saturated rings. The van der Waals surface area contributed by atoms with Crippen LogP contribution in [0.2, 0.25) is 0 Å². The summed E-state index contributed by atoms with van der Waals surface area (Å²) >= 11 is 0. The zero-order valence-electron chi connectivity index (χ0n) is 11.9. The number of ketones is 1. The number of carbonyl (C=O) groups excluding carboxylic acids is 1. The van der Waals surface area contributed by atoms with Gasteiger partial charge in [-0.1, -0.05) is 44.2 Å². The van der Waals surface area contributed by atoms with Gasteiger partial charge in [0.05, 0.1) is 6.61 Å². The molecule has 19 heavy (non-hydrogen) atoms. The maximum absolute atomic E-state index is 12.6. The zero-order chi connectivity index (χ0) is 13.5. The summed E-state index contributed by atoms with van der Waals surface area (Å²) in [6.07, 6.45) is 8.39. The molecule has 2 heteroatoms. The van der Waals surface area contributed by atoms with Gasteiger partial charge in [0.15, 0.2) is 5.78 Å². The third-order valence-electron chi connectivity index (χ3n) is 3.91. The Balaban J connectivity index is 2.06. The molecule has 1 aliphatic rings. The van der Waals surface area contributed by atoms with Gasteiger partial charge in [0.2, 0.25) is 0 Å². The molecular weight excluding hydrogens is 236 g/mol. The molecule has 0 aromatic heterocycles. The number of hydrogen-bond donors (Lipinski definition) is 0. The number of benzene rings is 1. The fourth-order valence-corrected chi connectivity index (χ4v) is 2.86. The average molecular weight is 260 g/mol. The van der Waals surface area contributed by atoms with Crippen LogP contribution in [0.25, 0.3) is 0 Å². The summed E-state index contributed by atoms with van der Waals surface area (Å²) in [5, 5.41) is 0. The average Bonchev–Trinajstić information content (AvgIpc) is 2.38. The van der Waals surface area contributed by atoms with Gasteiger partial charge in [0, 0.05) is 11.5 Å². The molecule has 0 bridgehead atoms. The molecule has 0 saturated heterocycles. The van der Waals surface area contributed by atoms with Crippen LogP contribution in [-0.4, -0.2) is 12.4 Å². The lowest BCUT2D eigenvalue weighted by atomic mass is 9.85. The van der Waals surface area contributed by atoms with Crippen LogP contribution in [0.4, 0.5) is 0 Å². The van der Waals surface area contributed by atoms with E-state index < -0.39 is 0 Å². The van der Waals surface area contributed by atoms with Crippen LogP contribution in [0.5, 0.6) is 5.75 Å². The molecule has 2 nitrogen and oxygen atoms in total. The van der Waals surface area contributed by atoms with Crippen molar-refractivity contribution in [2.45, 2.75) is 51.9 Å². The second kappa shape index (κ2) is 7.32. The van der Waals surface area contributed by atoms with E-state index in [0.29, 0.717) is 12.4 Å². The van der Waals surface area contributed by atoms with E-state index in [-0.39, 0.29) is 5.92 Å². The molecule has 2 rings (SSSR count). The van der Waals surface area contributed by atoms with Gasteiger partial charge in [-0.3, -0.25) is 4.79 Å². The monoisotopic (exact) mass is 260 g/mol. The lowest BCUT2D eigenvalue weighted by molar-refractivity contribution is 0.0898. The highest BCUT2D eigenvalue weighted by molar-refractivity contribution is 5.98. The Morgan fingerprint density at radius 3 is 2.53 bits per heavy atom. The molecule has 0 heterocycles. The van der Waals surface area contributed by atoms with E-state index in [1.54, 1.807) is 0 Å². The molecule has 104 valence electrons. The summed E-state index contributed by atoms with van der Waals surface area (Å²) in [7, 11) is 0. The van der Waals surface area contributed by atoms with Crippen LogP contribution >= 0.6 is 0 Å². The first-order valence-electron chi connectivity index (χ1n) is 7.58. The molecular formula is C17H24O2. The molecule has 0 N–H and O–H groups in total. The summed E-state index contributed by atoms with van der Waals surface area (Å²) in [6, 6.07) is 7.65. The topological polar surface area (TPSA) is 26.3 Å². The first kappa shape index (κ1) is 14.1. The minimum absolute atomic E-state index is 0.220. The molecule has 1 aliphatic carbocycles. The second-order valence-electron chi connectivity index (χ2n) is 5.37. The van der Waals surface area contributed by atoms with Crippen LogP contribution < -0.4 is 4.74 Å². The van der Waals surface area contributed by atoms with E-state index in [9.17, 15) is 4.79 Å². The van der Waals surface area contributed by atoms with Gasteiger partial charge < -0.3 is 4.74 Å². The predicted molar refractivity (Wildman–Crippen MR) is 77.8 cm³/mol. The highest BCUT2D eigenvalue weighted by Crippen LogP contribution is 2.26. The third-order valence-corrected chi connectivity index (χ3v) is 3.91. The van der Waals surface area contributed by atoms with Crippen LogP contribution in [0, 0.1) is 5.92 Å². The Labute approximate surface area is 116 Å². The zero-order valence-corrected chi connectivity index (χ0v) is 11.9. The SMILES string of the molecule is CCOc1cccc(C(=O)C2CCCCCCC2)c1. The standard InChI is InChI=1S/C17H24O2/c1-2-19-16-12-8-11-15(13-16)17(18)14-9-6-4-3-5-7-10-14/h8,11-14H,2-7,9-10H2,1H3. The van der Waals surface area contributed by atoms with Crippen molar-refractivity contribution in [1.29, 1.82) is 0 Å². The molecule has 1 aromatic carbocycles. The summed E-state index contributed by atoms with van der Waals surface area (Å²) < 4.78 is 5.48. The van der Waals surface area contributed by atoms with E-state index in [2.05, 4.69) is 0 Å². The van der Waals surface area contributed by atoms with Crippen molar-refractivity contribution in [3.63, 3.8) is 0 Å². The highest BCUT2D eigenvalue weighted by atomic mass is 16.5. The van der Waals surface area contributed by atoms with Gasteiger partial charge in [0.1, 0.15) is 5.75 Å². The minimum Gasteiger partial charge on any atom is -0.494 e. The molecule has 1 aromatic rings. The Hall–Kier alpha value is -1.31. The van der Waals surface area contributed by atoms with Gasteiger partial charge in [0.25, 0.3) is 0 Å². The van der Waals surface area contributed by atoms with Crippen LogP contribution in [-0.2, 0) is 0 Å². The first-order chi connectivity index (χ1) is 9.31. The fourth-order valence-electron chi connectivity index (χ4n) is 2.86. The molecule has 0 spiro atoms. The summed E-state index contributed by atoms with van der Waals surface area (Å²) in [5.41, 5.74) is 0.816. The van der Waals surface area contributed by atoms with Crippen LogP contribution in [0.1, 0.15) is 62.2 Å². The molecule has 1 saturated carbocycles. The summed E-state index contributed by atoms with van der Waals surface area (Å²) in [4.78, 5) is 12.6. The number of Topliss-reactive ketones (excluding diaryl/α,β-unsaturated/α-hetero) is 1. The molecule has 0 aliphatic heterocycles. The van der Waals surface area contributed by atoms with E-state index in [4.69, 9.17) is 4.74 Å². The minimum atomic E-state index is 0.220. The van der Waals surface area contributed by atoms with Crippen molar-refractivity contribution >= 4 is 5.78 Å². The fraction of sp³-hybridized carbons (Fsp3) is 0.588. The number of rotatable bonds is 4. The van der Waals surface area contributed by atoms with Gasteiger partial charge in [-0.15, -0.1) is 0 Å². The van der Waals surface area contributed by atoms with Crippen molar-refractivity contribution in [3.8, 4) is 5.75 Å². The van der Waals surface area contributed by atoms with Gasteiger partial charge in [-0.25, -0.2) is 0 Å². The van der Waals surface area contributed by atoms with Gasteiger partial charge >= 0.3 is 0 Å². The van der Waals surface area contributed by atoms with E-state index in [0.717, 1.165) is 24.2 Å².